The topological polar surface area (TPSA) is 109 Å². The number of hydrogen-bond donors (Lipinski definition) is 2. The van der Waals surface area contributed by atoms with Crippen molar-refractivity contribution >= 4 is 5.91 Å². The SMILES string of the molecule is N.NC(=O)c1cnn(-c2ccc(F)cc2)n1.[HH].[HH]. The van der Waals surface area contributed by atoms with Crippen LogP contribution >= 0.6 is 0 Å². The number of primary amides is 1. The summed E-state index contributed by atoms with van der Waals surface area (Å²) in [4.78, 5) is 12.0. The Morgan fingerprint density at radius 2 is 2.00 bits per heavy atom. The monoisotopic (exact) mass is 227 g/mol. The van der Waals surface area contributed by atoms with E-state index in [-0.39, 0.29) is 20.5 Å². The Kier molecular flexibility index (Phi) is 3.31. The Labute approximate surface area is 93.4 Å². The first kappa shape index (κ1) is 11.8. The van der Waals surface area contributed by atoms with Crippen LogP contribution in [0.25, 0.3) is 5.69 Å². The molecular weight excluding hydrogens is 213 g/mol. The van der Waals surface area contributed by atoms with Crippen LogP contribution < -0.4 is 11.9 Å². The van der Waals surface area contributed by atoms with Crippen molar-refractivity contribution in [2.75, 3.05) is 0 Å². The molecule has 0 saturated heterocycles. The molecule has 0 unspecified atom stereocenters. The van der Waals surface area contributed by atoms with Crippen LogP contribution in [0.2, 0.25) is 0 Å². The highest BCUT2D eigenvalue weighted by atomic mass is 19.1. The normalized spacial score (nSPS) is 9.56. The molecule has 0 spiro atoms. The molecule has 0 saturated carbocycles. The van der Waals surface area contributed by atoms with Gasteiger partial charge in [-0.3, -0.25) is 4.79 Å². The largest absolute Gasteiger partial charge is 0.364 e. The van der Waals surface area contributed by atoms with Crippen molar-refractivity contribution in [1.82, 2.24) is 21.1 Å². The Hall–Kier alpha value is -2.28. The van der Waals surface area contributed by atoms with Crippen molar-refractivity contribution in [2.45, 2.75) is 0 Å². The lowest BCUT2D eigenvalue weighted by Gasteiger charge is -1.97. The standard InChI is InChI=1S/C9H7FN4O.H3N.2H2/c10-6-1-3-7(4-2-6)14-12-5-8(13-14)9(11)15;;;/h1-5H,(H2,11,15);1H3;2*1H. The van der Waals surface area contributed by atoms with Crippen LogP contribution in [0.3, 0.4) is 0 Å². The van der Waals surface area contributed by atoms with Crippen molar-refractivity contribution in [2.24, 2.45) is 5.73 Å². The highest BCUT2D eigenvalue weighted by molar-refractivity contribution is 5.90. The first-order chi connectivity index (χ1) is 7.16. The van der Waals surface area contributed by atoms with E-state index < -0.39 is 5.91 Å². The van der Waals surface area contributed by atoms with Gasteiger partial charge in [-0.2, -0.15) is 9.90 Å². The minimum atomic E-state index is -0.650. The van der Waals surface area contributed by atoms with Gasteiger partial charge in [-0.15, -0.1) is 5.10 Å². The third kappa shape index (κ3) is 2.20. The van der Waals surface area contributed by atoms with Crippen molar-refractivity contribution in [1.29, 1.82) is 0 Å². The molecular formula is C9H14FN5O. The molecule has 0 fully saturated rings. The van der Waals surface area contributed by atoms with Gasteiger partial charge in [0.1, 0.15) is 5.82 Å². The van der Waals surface area contributed by atoms with E-state index in [0.717, 1.165) is 0 Å². The Morgan fingerprint density at radius 1 is 1.38 bits per heavy atom. The fraction of sp³-hybridized carbons (Fsp3) is 0. The van der Waals surface area contributed by atoms with Crippen LogP contribution in [0.4, 0.5) is 4.39 Å². The highest BCUT2D eigenvalue weighted by Crippen LogP contribution is 2.06. The number of amides is 1. The predicted octanol–water partition coefficient (Wildman–Crippen LogP) is 1.16. The minimum absolute atomic E-state index is 0. The molecule has 88 valence electrons. The molecule has 0 bridgehead atoms. The van der Waals surface area contributed by atoms with Crippen molar-refractivity contribution < 1.29 is 12.0 Å². The number of hydrogen-bond acceptors (Lipinski definition) is 4. The summed E-state index contributed by atoms with van der Waals surface area (Å²) in [5.74, 6) is -0.996. The maximum atomic E-state index is 12.6. The van der Waals surface area contributed by atoms with Crippen LogP contribution in [-0.2, 0) is 0 Å². The molecule has 6 nitrogen and oxygen atoms in total. The van der Waals surface area contributed by atoms with Gasteiger partial charge in [0.05, 0.1) is 11.9 Å². The van der Waals surface area contributed by atoms with Crippen LogP contribution in [0, 0.1) is 5.82 Å². The van der Waals surface area contributed by atoms with E-state index in [1.54, 1.807) is 0 Å². The minimum Gasteiger partial charge on any atom is -0.364 e. The highest BCUT2D eigenvalue weighted by Gasteiger charge is 2.06. The molecule has 0 radical (unpaired) electrons. The summed E-state index contributed by atoms with van der Waals surface area (Å²) in [6.07, 6.45) is 1.26. The molecule has 1 aromatic carbocycles. The molecule has 0 aliphatic rings. The van der Waals surface area contributed by atoms with Crippen LogP contribution in [0.15, 0.2) is 30.5 Å². The van der Waals surface area contributed by atoms with Gasteiger partial charge in [0.25, 0.3) is 5.91 Å². The molecule has 2 rings (SSSR count). The van der Waals surface area contributed by atoms with Gasteiger partial charge >= 0.3 is 0 Å². The molecule has 2 aromatic rings. The Morgan fingerprint density at radius 3 is 2.50 bits per heavy atom. The number of benzene rings is 1. The fourth-order valence-electron chi connectivity index (χ4n) is 1.07. The third-order valence-corrected chi connectivity index (χ3v) is 1.80. The van der Waals surface area contributed by atoms with Crippen molar-refractivity contribution in [3.8, 4) is 5.69 Å². The summed E-state index contributed by atoms with van der Waals surface area (Å²) in [6.45, 7) is 0. The molecule has 0 aliphatic heterocycles. The third-order valence-electron chi connectivity index (χ3n) is 1.80. The smallest absolute Gasteiger partial charge is 0.270 e. The quantitative estimate of drug-likeness (QED) is 0.802. The maximum absolute atomic E-state index is 12.6. The molecule has 5 N–H and O–H groups in total. The van der Waals surface area contributed by atoms with E-state index >= 15 is 0 Å². The molecule has 1 amide bonds. The van der Waals surface area contributed by atoms with Gasteiger partial charge in [0, 0.05) is 2.85 Å². The number of nitrogens with zero attached hydrogens (tertiary/aromatic N) is 3. The molecule has 0 atom stereocenters. The molecule has 16 heavy (non-hydrogen) atoms. The number of halogens is 1. The van der Waals surface area contributed by atoms with Crippen LogP contribution in [-0.4, -0.2) is 20.9 Å². The fourth-order valence-corrected chi connectivity index (χ4v) is 1.07. The lowest BCUT2D eigenvalue weighted by Crippen LogP contribution is -2.12. The van der Waals surface area contributed by atoms with Gasteiger partial charge in [-0.05, 0) is 24.3 Å². The molecule has 7 heteroatoms. The molecule has 1 heterocycles. The summed E-state index contributed by atoms with van der Waals surface area (Å²) in [7, 11) is 0. The van der Waals surface area contributed by atoms with Gasteiger partial charge < -0.3 is 11.9 Å². The average Bonchev–Trinajstić information content (AvgIpc) is 2.68. The zero-order valence-corrected chi connectivity index (χ0v) is 8.30. The number of carbonyl (C=O) groups excluding carboxylic acids is 1. The first-order valence-corrected chi connectivity index (χ1v) is 4.15. The second-order valence-electron chi connectivity index (χ2n) is 2.86. The zero-order valence-electron chi connectivity index (χ0n) is 8.30. The van der Waals surface area contributed by atoms with Crippen molar-refractivity contribution in [3.63, 3.8) is 0 Å². The molecule has 0 aliphatic carbocycles. The predicted molar refractivity (Wildman–Crippen MR) is 59.1 cm³/mol. The van der Waals surface area contributed by atoms with E-state index in [4.69, 9.17) is 5.73 Å². The van der Waals surface area contributed by atoms with Gasteiger partial charge in [0.15, 0.2) is 5.69 Å². The number of nitrogens with two attached hydrogens (primary N) is 1. The second-order valence-corrected chi connectivity index (χ2v) is 2.86. The summed E-state index contributed by atoms with van der Waals surface area (Å²) >= 11 is 0. The summed E-state index contributed by atoms with van der Waals surface area (Å²) in [5, 5.41) is 7.64. The van der Waals surface area contributed by atoms with E-state index in [9.17, 15) is 9.18 Å². The van der Waals surface area contributed by atoms with Crippen LogP contribution in [0.5, 0.6) is 0 Å². The lowest BCUT2D eigenvalue weighted by molar-refractivity contribution is 0.0995. The zero-order chi connectivity index (χ0) is 10.8. The van der Waals surface area contributed by atoms with Gasteiger partial charge in [-0.25, -0.2) is 4.39 Å². The average molecular weight is 227 g/mol. The second kappa shape index (κ2) is 4.49. The maximum Gasteiger partial charge on any atom is 0.270 e. The number of rotatable bonds is 2. The Bertz CT molecular complexity index is 502. The lowest BCUT2D eigenvalue weighted by atomic mass is 10.3. The Balaban J connectivity index is 0. The summed E-state index contributed by atoms with van der Waals surface area (Å²) < 4.78 is 12.6. The number of carbonyl (C=O) groups is 1. The van der Waals surface area contributed by atoms with Crippen LogP contribution in [0.1, 0.15) is 13.3 Å². The molecule has 1 aromatic heterocycles. The van der Waals surface area contributed by atoms with E-state index in [0.29, 0.717) is 5.69 Å². The van der Waals surface area contributed by atoms with E-state index in [1.165, 1.54) is 35.3 Å². The first-order valence-electron chi connectivity index (χ1n) is 4.15. The van der Waals surface area contributed by atoms with Gasteiger partial charge in [-0.1, -0.05) is 0 Å². The summed E-state index contributed by atoms with van der Waals surface area (Å²) in [6, 6.07) is 5.56. The van der Waals surface area contributed by atoms with E-state index in [2.05, 4.69) is 10.2 Å². The van der Waals surface area contributed by atoms with E-state index in [1.807, 2.05) is 0 Å². The van der Waals surface area contributed by atoms with Gasteiger partial charge in [0.2, 0.25) is 0 Å². The number of aromatic nitrogens is 3. The van der Waals surface area contributed by atoms with Crippen molar-refractivity contribution in [3.05, 3.63) is 42.0 Å². The summed E-state index contributed by atoms with van der Waals surface area (Å²) in [5.41, 5.74) is 5.64.